The van der Waals surface area contributed by atoms with E-state index in [0.717, 1.165) is 23.2 Å². The van der Waals surface area contributed by atoms with Gasteiger partial charge in [-0.05, 0) is 11.5 Å². The van der Waals surface area contributed by atoms with Gasteiger partial charge in [0.25, 0.3) is 0 Å². The van der Waals surface area contributed by atoms with Gasteiger partial charge in [0.2, 0.25) is 0 Å². The molecule has 1 heterocycles. The van der Waals surface area contributed by atoms with Crippen LogP contribution in [0.3, 0.4) is 0 Å². The molecule has 1 aromatic carbocycles. The highest BCUT2D eigenvalue weighted by molar-refractivity contribution is 14.0. The fourth-order valence-corrected chi connectivity index (χ4v) is 3.23. The maximum absolute atomic E-state index is 4.70. The van der Waals surface area contributed by atoms with Crippen LogP contribution < -0.4 is 10.6 Å². The van der Waals surface area contributed by atoms with Crippen LogP contribution in [0.1, 0.15) is 49.9 Å². The number of thiazole rings is 1. The average molecular weight is 472 g/mol. The molecule has 2 N–H and O–H groups in total. The number of hydrogen-bond acceptors (Lipinski definition) is 3. The lowest BCUT2D eigenvalue weighted by Gasteiger charge is -2.16. The van der Waals surface area contributed by atoms with Crippen molar-refractivity contribution in [1.82, 2.24) is 15.6 Å². The molecule has 6 heteroatoms. The van der Waals surface area contributed by atoms with Gasteiger partial charge in [-0.25, -0.2) is 4.98 Å². The van der Waals surface area contributed by atoms with Crippen molar-refractivity contribution in [3.63, 3.8) is 0 Å². The van der Waals surface area contributed by atoms with Crippen LogP contribution in [0.4, 0.5) is 0 Å². The molecule has 0 aliphatic carbocycles. The highest BCUT2D eigenvalue weighted by atomic mass is 127. The third kappa shape index (κ3) is 6.93. The molecule has 1 atom stereocenters. The summed E-state index contributed by atoms with van der Waals surface area (Å²) in [5.41, 5.74) is 2.57. The summed E-state index contributed by atoms with van der Waals surface area (Å²) in [6, 6.07) is 10.5. The van der Waals surface area contributed by atoms with Crippen LogP contribution in [0.5, 0.6) is 0 Å². The third-order valence-electron chi connectivity index (χ3n) is 3.90. The summed E-state index contributed by atoms with van der Waals surface area (Å²) in [4.78, 5) is 9.00. The molecule has 0 aliphatic heterocycles. The van der Waals surface area contributed by atoms with Gasteiger partial charge in [0.1, 0.15) is 5.01 Å². The van der Waals surface area contributed by atoms with Gasteiger partial charge >= 0.3 is 0 Å². The van der Waals surface area contributed by atoms with Crippen molar-refractivity contribution in [3.05, 3.63) is 52.0 Å². The van der Waals surface area contributed by atoms with Crippen LogP contribution in [0.25, 0.3) is 0 Å². The monoisotopic (exact) mass is 472 g/mol. The van der Waals surface area contributed by atoms with Crippen molar-refractivity contribution in [3.8, 4) is 0 Å². The quantitative estimate of drug-likeness (QED) is 0.382. The molecule has 0 aliphatic rings. The maximum atomic E-state index is 4.70. The molecule has 1 unspecified atom stereocenters. The molecule has 0 saturated heterocycles. The Labute approximate surface area is 172 Å². The van der Waals surface area contributed by atoms with Crippen molar-refractivity contribution in [2.45, 2.75) is 45.6 Å². The summed E-state index contributed by atoms with van der Waals surface area (Å²) in [7, 11) is 1.80. The zero-order valence-corrected chi connectivity index (χ0v) is 18.8. The highest BCUT2D eigenvalue weighted by Gasteiger charge is 2.17. The molecule has 1 aromatic heterocycles. The van der Waals surface area contributed by atoms with E-state index in [2.05, 4.69) is 73.0 Å². The normalized spacial score (nSPS) is 13.1. The van der Waals surface area contributed by atoms with E-state index < -0.39 is 0 Å². The SMILES string of the molecule is CN=C(NCc1nc(C(C)(C)C)cs1)NCC(C)c1ccccc1.I. The van der Waals surface area contributed by atoms with Crippen LogP contribution in [0.2, 0.25) is 0 Å². The summed E-state index contributed by atoms with van der Waals surface area (Å²) < 4.78 is 0. The summed E-state index contributed by atoms with van der Waals surface area (Å²) in [6.45, 7) is 10.3. The minimum absolute atomic E-state index is 0. The van der Waals surface area contributed by atoms with Gasteiger partial charge in [-0.15, -0.1) is 35.3 Å². The Balaban J connectivity index is 0.00000312. The summed E-state index contributed by atoms with van der Waals surface area (Å²) in [5.74, 6) is 1.24. The van der Waals surface area contributed by atoms with Crippen molar-refractivity contribution in [2.24, 2.45) is 4.99 Å². The molecule has 0 spiro atoms. The van der Waals surface area contributed by atoms with Gasteiger partial charge in [0, 0.05) is 24.4 Å². The van der Waals surface area contributed by atoms with Crippen LogP contribution in [-0.4, -0.2) is 24.5 Å². The Morgan fingerprint density at radius 2 is 1.88 bits per heavy atom. The molecule has 25 heavy (non-hydrogen) atoms. The van der Waals surface area contributed by atoms with E-state index in [1.165, 1.54) is 5.56 Å². The van der Waals surface area contributed by atoms with Crippen LogP contribution >= 0.6 is 35.3 Å². The predicted molar refractivity (Wildman–Crippen MR) is 119 cm³/mol. The standard InChI is InChI=1S/C19H28N4S.HI/c1-14(15-9-7-6-8-10-15)11-21-18(20-5)22-12-17-23-16(13-24-17)19(2,3)4;/h6-10,13-14H,11-12H2,1-5H3,(H2,20,21,22);1H. The number of aromatic nitrogens is 1. The number of halogens is 1. The second-order valence-corrected chi connectivity index (χ2v) is 7.94. The summed E-state index contributed by atoms with van der Waals surface area (Å²) >= 11 is 1.69. The van der Waals surface area contributed by atoms with Crippen LogP contribution in [-0.2, 0) is 12.0 Å². The fraction of sp³-hybridized carbons (Fsp3) is 0.474. The minimum Gasteiger partial charge on any atom is -0.356 e. The Bertz CT molecular complexity index is 662. The van der Waals surface area contributed by atoms with Crippen LogP contribution in [0, 0.1) is 0 Å². The first kappa shape index (κ1) is 21.9. The highest BCUT2D eigenvalue weighted by Crippen LogP contribution is 2.23. The van der Waals surface area contributed by atoms with Crippen molar-refractivity contribution >= 4 is 41.3 Å². The molecule has 2 rings (SSSR count). The Morgan fingerprint density at radius 1 is 1.20 bits per heavy atom. The van der Waals surface area contributed by atoms with Gasteiger partial charge in [-0.2, -0.15) is 0 Å². The van der Waals surface area contributed by atoms with E-state index in [1.54, 1.807) is 18.4 Å². The first-order valence-electron chi connectivity index (χ1n) is 8.34. The van der Waals surface area contributed by atoms with E-state index in [1.807, 2.05) is 6.07 Å². The van der Waals surface area contributed by atoms with E-state index in [-0.39, 0.29) is 29.4 Å². The maximum Gasteiger partial charge on any atom is 0.191 e. The average Bonchev–Trinajstić information content (AvgIpc) is 3.05. The predicted octanol–water partition coefficient (Wildman–Crippen LogP) is 4.53. The van der Waals surface area contributed by atoms with Crippen molar-refractivity contribution < 1.29 is 0 Å². The Hall–Kier alpha value is -1.15. The molecule has 0 amide bonds. The zero-order valence-electron chi connectivity index (χ0n) is 15.7. The molecule has 2 aromatic rings. The molecule has 4 nitrogen and oxygen atoms in total. The Kier molecular flexibility index (Phi) is 8.85. The summed E-state index contributed by atoms with van der Waals surface area (Å²) in [6.07, 6.45) is 0. The molecule has 0 bridgehead atoms. The molecular weight excluding hydrogens is 443 g/mol. The second-order valence-electron chi connectivity index (χ2n) is 6.99. The zero-order chi connectivity index (χ0) is 17.6. The number of nitrogens with one attached hydrogen (secondary N) is 2. The molecule has 0 fully saturated rings. The Morgan fingerprint density at radius 3 is 2.44 bits per heavy atom. The fourth-order valence-electron chi connectivity index (χ4n) is 2.27. The minimum atomic E-state index is 0. The summed E-state index contributed by atoms with van der Waals surface area (Å²) in [5, 5.41) is 9.96. The first-order valence-corrected chi connectivity index (χ1v) is 9.22. The van der Waals surface area contributed by atoms with Gasteiger partial charge in [0.15, 0.2) is 5.96 Å². The lowest BCUT2D eigenvalue weighted by molar-refractivity contribution is 0.570. The smallest absolute Gasteiger partial charge is 0.191 e. The van der Waals surface area contributed by atoms with Gasteiger partial charge in [-0.1, -0.05) is 58.0 Å². The number of nitrogens with zero attached hydrogens (tertiary/aromatic N) is 2. The van der Waals surface area contributed by atoms with E-state index in [9.17, 15) is 0 Å². The number of hydrogen-bond donors (Lipinski definition) is 2. The van der Waals surface area contributed by atoms with Crippen LogP contribution in [0.15, 0.2) is 40.7 Å². The number of benzene rings is 1. The van der Waals surface area contributed by atoms with E-state index in [4.69, 9.17) is 4.98 Å². The molecule has 0 radical (unpaired) electrons. The molecular formula is C19H29IN4S. The number of guanidine groups is 1. The lowest BCUT2D eigenvalue weighted by Crippen LogP contribution is -2.38. The topological polar surface area (TPSA) is 49.3 Å². The van der Waals surface area contributed by atoms with Gasteiger partial charge in [-0.3, -0.25) is 4.99 Å². The van der Waals surface area contributed by atoms with E-state index in [0.29, 0.717) is 12.5 Å². The van der Waals surface area contributed by atoms with Gasteiger partial charge < -0.3 is 10.6 Å². The second kappa shape index (κ2) is 10.1. The molecule has 0 saturated carbocycles. The molecule has 138 valence electrons. The van der Waals surface area contributed by atoms with Crippen molar-refractivity contribution in [2.75, 3.05) is 13.6 Å². The number of rotatable bonds is 5. The first-order chi connectivity index (χ1) is 11.4. The van der Waals surface area contributed by atoms with E-state index >= 15 is 0 Å². The number of aliphatic imine (C=N–C) groups is 1. The van der Waals surface area contributed by atoms with Gasteiger partial charge in [0.05, 0.1) is 12.2 Å². The third-order valence-corrected chi connectivity index (χ3v) is 4.74. The lowest BCUT2D eigenvalue weighted by atomic mass is 9.93. The van der Waals surface area contributed by atoms with Crippen molar-refractivity contribution in [1.29, 1.82) is 0 Å². The largest absolute Gasteiger partial charge is 0.356 e.